The zero-order valence-corrected chi connectivity index (χ0v) is 13.0. The molecule has 0 spiro atoms. The van der Waals surface area contributed by atoms with Crippen molar-refractivity contribution in [1.82, 2.24) is 4.98 Å². The Morgan fingerprint density at radius 2 is 1.95 bits per heavy atom. The molecule has 1 N–H and O–H groups in total. The van der Waals surface area contributed by atoms with Gasteiger partial charge in [0.05, 0.1) is 23.0 Å². The van der Waals surface area contributed by atoms with Crippen LogP contribution in [0.3, 0.4) is 0 Å². The molecule has 0 fully saturated rings. The predicted octanol–water partition coefficient (Wildman–Crippen LogP) is 4.56. The van der Waals surface area contributed by atoms with Gasteiger partial charge in [-0.15, -0.1) is 0 Å². The monoisotopic (exact) mass is 340 g/mol. The minimum absolute atomic E-state index is 0.154. The molecule has 1 heterocycles. The van der Waals surface area contributed by atoms with Gasteiger partial charge in [-0.25, -0.2) is 0 Å². The Morgan fingerprint density at radius 1 is 1.14 bits per heavy atom. The molecule has 3 rings (SSSR count). The molecule has 21 heavy (non-hydrogen) atoms. The average Bonchev–Trinajstić information content (AvgIpc) is 2.47. The Labute approximate surface area is 131 Å². The van der Waals surface area contributed by atoms with Gasteiger partial charge in [-0.3, -0.25) is 9.78 Å². The third kappa shape index (κ3) is 2.95. The number of para-hydroxylation sites is 1. The van der Waals surface area contributed by atoms with Crippen molar-refractivity contribution in [2.75, 3.05) is 5.32 Å². The van der Waals surface area contributed by atoms with Gasteiger partial charge in [-0.1, -0.05) is 24.3 Å². The largest absolute Gasteiger partial charge is 0.321 e. The number of anilines is 1. The molecule has 0 saturated heterocycles. The highest BCUT2D eigenvalue weighted by atomic mass is 79.9. The zero-order chi connectivity index (χ0) is 14.8. The second-order valence-corrected chi connectivity index (χ2v) is 5.71. The second kappa shape index (κ2) is 5.66. The number of fused-ring (bicyclic) bond motifs is 1. The molecule has 0 aliphatic heterocycles. The number of halogens is 1. The highest BCUT2D eigenvalue weighted by Crippen LogP contribution is 2.21. The van der Waals surface area contributed by atoms with Crippen molar-refractivity contribution >= 4 is 38.4 Å². The summed E-state index contributed by atoms with van der Waals surface area (Å²) in [6.45, 7) is 1.99. The van der Waals surface area contributed by atoms with Gasteiger partial charge in [0.15, 0.2) is 0 Å². The molecule has 0 unspecified atom stereocenters. The number of hydrogen-bond acceptors (Lipinski definition) is 2. The van der Waals surface area contributed by atoms with Crippen molar-refractivity contribution < 1.29 is 4.79 Å². The zero-order valence-electron chi connectivity index (χ0n) is 11.4. The maximum Gasteiger partial charge on any atom is 0.256 e. The number of pyridine rings is 1. The number of aryl methyl sites for hydroxylation is 1. The molecule has 104 valence electrons. The van der Waals surface area contributed by atoms with Gasteiger partial charge in [0.1, 0.15) is 0 Å². The highest BCUT2D eigenvalue weighted by Gasteiger charge is 2.10. The van der Waals surface area contributed by atoms with Crippen LogP contribution in [0.2, 0.25) is 0 Å². The number of carbonyl (C=O) groups excluding carboxylic acids is 1. The lowest BCUT2D eigenvalue weighted by Gasteiger charge is -2.08. The maximum atomic E-state index is 12.3. The molecule has 4 heteroatoms. The first-order chi connectivity index (χ1) is 10.1. The second-order valence-electron chi connectivity index (χ2n) is 4.85. The van der Waals surface area contributed by atoms with Crippen LogP contribution in [0.15, 0.2) is 59.2 Å². The SMILES string of the molecule is Cc1ccc(C(=O)Nc2cnc3ccccc3c2)c(Br)c1. The number of hydrogen-bond donors (Lipinski definition) is 1. The summed E-state index contributed by atoms with van der Waals surface area (Å²) >= 11 is 3.42. The number of nitrogens with one attached hydrogen (secondary N) is 1. The van der Waals surface area contributed by atoms with E-state index in [2.05, 4.69) is 26.2 Å². The van der Waals surface area contributed by atoms with Crippen LogP contribution in [0, 0.1) is 6.92 Å². The van der Waals surface area contributed by atoms with Crippen molar-refractivity contribution in [2.24, 2.45) is 0 Å². The van der Waals surface area contributed by atoms with Gasteiger partial charge < -0.3 is 5.32 Å². The van der Waals surface area contributed by atoms with Crippen LogP contribution in [0.25, 0.3) is 10.9 Å². The summed E-state index contributed by atoms with van der Waals surface area (Å²) in [4.78, 5) is 16.7. The van der Waals surface area contributed by atoms with Gasteiger partial charge in [0, 0.05) is 9.86 Å². The Balaban J connectivity index is 1.89. The predicted molar refractivity (Wildman–Crippen MR) is 88.6 cm³/mol. The Hall–Kier alpha value is -2.20. The lowest BCUT2D eigenvalue weighted by Crippen LogP contribution is -2.12. The number of aromatic nitrogens is 1. The van der Waals surface area contributed by atoms with Crippen molar-refractivity contribution in [3.8, 4) is 0 Å². The summed E-state index contributed by atoms with van der Waals surface area (Å²) in [6.07, 6.45) is 1.67. The lowest BCUT2D eigenvalue weighted by atomic mass is 10.1. The number of amides is 1. The van der Waals surface area contributed by atoms with E-state index in [1.165, 1.54) is 0 Å². The summed E-state index contributed by atoms with van der Waals surface area (Å²) in [5, 5.41) is 3.88. The fourth-order valence-electron chi connectivity index (χ4n) is 2.14. The van der Waals surface area contributed by atoms with E-state index in [0.717, 1.165) is 20.9 Å². The highest BCUT2D eigenvalue weighted by molar-refractivity contribution is 9.10. The normalized spacial score (nSPS) is 10.6. The van der Waals surface area contributed by atoms with Crippen molar-refractivity contribution in [3.05, 3.63) is 70.3 Å². The van der Waals surface area contributed by atoms with E-state index in [4.69, 9.17) is 0 Å². The van der Waals surface area contributed by atoms with E-state index < -0.39 is 0 Å². The van der Waals surface area contributed by atoms with E-state index in [-0.39, 0.29) is 5.91 Å². The third-order valence-corrected chi connectivity index (χ3v) is 3.87. The lowest BCUT2D eigenvalue weighted by molar-refractivity contribution is 0.102. The number of benzene rings is 2. The van der Waals surface area contributed by atoms with Crippen LogP contribution in [0.5, 0.6) is 0 Å². The molecule has 0 aliphatic rings. The van der Waals surface area contributed by atoms with Crippen molar-refractivity contribution in [2.45, 2.75) is 6.92 Å². The smallest absolute Gasteiger partial charge is 0.256 e. The number of carbonyl (C=O) groups is 1. The van der Waals surface area contributed by atoms with Crippen LogP contribution < -0.4 is 5.32 Å². The van der Waals surface area contributed by atoms with E-state index in [1.54, 1.807) is 6.20 Å². The summed E-state index contributed by atoms with van der Waals surface area (Å²) in [5.41, 5.74) is 3.30. The van der Waals surface area contributed by atoms with E-state index >= 15 is 0 Å². The van der Waals surface area contributed by atoms with Crippen LogP contribution >= 0.6 is 15.9 Å². The van der Waals surface area contributed by atoms with Crippen LogP contribution in [0.1, 0.15) is 15.9 Å². The topological polar surface area (TPSA) is 42.0 Å². The minimum Gasteiger partial charge on any atom is -0.321 e. The van der Waals surface area contributed by atoms with Crippen LogP contribution in [0.4, 0.5) is 5.69 Å². The minimum atomic E-state index is -0.154. The Kier molecular flexibility index (Phi) is 3.71. The summed E-state index contributed by atoms with van der Waals surface area (Å²) in [5.74, 6) is -0.154. The van der Waals surface area contributed by atoms with E-state index in [0.29, 0.717) is 11.3 Å². The average molecular weight is 341 g/mol. The fourth-order valence-corrected chi connectivity index (χ4v) is 2.82. The fraction of sp³-hybridized carbons (Fsp3) is 0.0588. The Bertz CT molecular complexity index is 830. The number of nitrogens with zero attached hydrogens (tertiary/aromatic N) is 1. The van der Waals surface area contributed by atoms with Crippen molar-refractivity contribution in [3.63, 3.8) is 0 Å². The first-order valence-electron chi connectivity index (χ1n) is 6.56. The quantitative estimate of drug-likeness (QED) is 0.743. The molecular weight excluding hydrogens is 328 g/mol. The van der Waals surface area contributed by atoms with E-state index in [1.807, 2.05) is 55.5 Å². The molecular formula is C17H13BrN2O. The molecule has 0 aliphatic carbocycles. The molecule has 3 nitrogen and oxygen atoms in total. The molecule has 1 amide bonds. The van der Waals surface area contributed by atoms with Gasteiger partial charge >= 0.3 is 0 Å². The molecule has 0 radical (unpaired) electrons. The van der Waals surface area contributed by atoms with Crippen LogP contribution in [-0.4, -0.2) is 10.9 Å². The molecule has 2 aromatic carbocycles. The van der Waals surface area contributed by atoms with Gasteiger partial charge in [-0.2, -0.15) is 0 Å². The van der Waals surface area contributed by atoms with E-state index in [9.17, 15) is 4.79 Å². The summed E-state index contributed by atoms with van der Waals surface area (Å²) in [7, 11) is 0. The van der Waals surface area contributed by atoms with Gasteiger partial charge in [0.25, 0.3) is 5.91 Å². The standard InChI is InChI=1S/C17H13BrN2O/c1-11-6-7-14(15(18)8-11)17(21)20-13-9-12-4-2-3-5-16(12)19-10-13/h2-10H,1H3,(H,20,21). The molecule has 1 aromatic heterocycles. The first-order valence-corrected chi connectivity index (χ1v) is 7.35. The van der Waals surface area contributed by atoms with Gasteiger partial charge in [-0.05, 0) is 52.7 Å². The van der Waals surface area contributed by atoms with Crippen molar-refractivity contribution in [1.29, 1.82) is 0 Å². The van der Waals surface area contributed by atoms with Gasteiger partial charge in [0.2, 0.25) is 0 Å². The maximum absolute atomic E-state index is 12.3. The summed E-state index contributed by atoms with van der Waals surface area (Å²) in [6, 6.07) is 15.4. The number of rotatable bonds is 2. The molecule has 0 atom stereocenters. The molecule has 3 aromatic rings. The first kappa shape index (κ1) is 13.8. The third-order valence-electron chi connectivity index (χ3n) is 3.22. The molecule has 0 saturated carbocycles. The summed E-state index contributed by atoms with van der Waals surface area (Å²) < 4.78 is 0.786. The van der Waals surface area contributed by atoms with Crippen LogP contribution in [-0.2, 0) is 0 Å². The molecule has 0 bridgehead atoms. The Morgan fingerprint density at radius 3 is 2.76 bits per heavy atom.